The SMILES string of the molecule is CC1(N)C=C(c2cc(Cl)cc(COC(C)(C)C(F)(F)F)c2)N(c2ccccc2)N1. The van der Waals surface area contributed by atoms with Gasteiger partial charge in [0.2, 0.25) is 0 Å². The van der Waals surface area contributed by atoms with Crippen LogP contribution < -0.4 is 16.2 Å². The van der Waals surface area contributed by atoms with E-state index >= 15 is 0 Å². The second-order valence-corrected chi connectivity index (χ2v) is 8.18. The number of alkyl halides is 3. The largest absolute Gasteiger partial charge is 0.416 e. The quantitative estimate of drug-likeness (QED) is 0.688. The maximum atomic E-state index is 13.1. The number of benzene rings is 2. The molecule has 1 aliphatic heterocycles. The summed E-state index contributed by atoms with van der Waals surface area (Å²) >= 11 is 6.26. The maximum Gasteiger partial charge on any atom is 0.416 e. The van der Waals surface area contributed by atoms with Crippen LogP contribution in [0.1, 0.15) is 31.9 Å². The third-order valence-corrected chi connectivity index (χ3v) is 4.80. The lowest BCUT2D eigenvalue weighted by atomic mass is 10.1. The number of hydrogen-bond donors (Lipinski definition) is 2. The van der Waals surface area contributed by atoms with Crippen LogP contribution in [0.5, 0.6) is 0 Å². The van der Waals surface area contributed by atoms with Gasteiger partial charge in [-0.3, -0.25) is 5.01 Å². The van der Waals surface area contributed by atoms with E-state index in [2.05, 4.69) is 5.43 Å². The fourth-order valence-corrected chi connectivity index (χ4v) is 3.16. The zero-order valence-electron chi connectivity index (χ0n) is 16.3. The molecule has 3 rings (SSSR count). The van der Waals surface area contributed by atoms with E-state index in [1.807, 2.05) is 48.3 Å². The van der Waals surface area contributed by atoms with Gasteiger partial charge in [0.1, 0.15) is 5.66 Å². The van der Waals surface area contributed by atoms with Crippen LogP contribution in [0.4, 0.5) is 18.9 Å². The van der Waals surface area contributed by atoms with Crippen molar-refractivity contribution in [2.45, 2.75) is 44.8 Å². The summed E-state index contributed by atoms with van der Waals surface area (Å²) in [5.74, 6) is 0. The van der Waals surface area contributed by atoms with Crippen LogP contribution in [0.3, 0.4) is 0 Å². The van der Waals surface area contributed by atoms with Crippen LogP contribution in [0.25, 0.3) is 5.70 Å². The van der Waals surface area contributed by atoms with Gasteiger partial charge in [-0.05, 0) is 62.7 Å². The number of hydrazine groups is 1. The van der Waals surface area contributed by atoms with Crippen molar-refractivity contribution in [2.24, 2.45) is 5.73 Å². The number of para-hydroxylation sites is 1. The Bertz CT molecular complexity index is 911. The van der Waals surface area contributed by atoms with Gasteiger partial charge in [-0.1, -0.05) is 29.8 Å². The van der Waals surface area contributed by atoms with Gasteiger partial charge >= 0.3 is 6.18 Å². The number of rotatable bonds is 5. The van der Waals surface area contributed by atoms with Gasteiger partial charge in [-0.2, -0.15) is 13.2 Å². The summed E-state index contributed by atoms with van der Waals surface area (Å²) in [6, 6.07) is 14.6. The molecule has 1 unspecified atom stereocenters. The number of nitrogens with zero attached hydrogens (tertiary/aromatic N) is 1. The number of nitrogens with one attached hydrogen (secondary N) is 1. The van der Waals surface area contributed by atoms with E-state index in [4.69, 9.17) is 22.1 Å². The molecule has 4 nitrogen and oxygen atoms in total. The Labute approximate surface area is 173 Å². The molecule has 2 aromatic rings. The zero-order valence-corrected chi connectivity index (χ0v) is 17.1. The summed E-state index contributed by atoms with van der Waals surface area (Å²) in [4.78, 5) is 0. The highest BCUT2D eigenvalue weighted by molar-refractivity contribution is 6.30. The summed E-state index contributed by atoms with van der Waals surface area (Å²) in [6.45, 7) is 3.58. The molecule has 3 N–H and O–H groups in total. The second kappa shape index (κ2) is 7.65. The third kappa shape index (κ3) is 4.93. The van der Waals surface area contributed by atoms with E-state index in [1.54, 1.807) is 18.2 Å². The lowest BCUT2D eigenvalue weighted by molar-refractivity contribution is -0.267. The summed E-state index contributed by atoms with van der Waals surface area (Å²) in [7, 11) is 0. The average Bonchev–Trinajstić information content (AvgIpc) is 2.95. The standard InChI is InChI=1S/C21H23ClF3N3O/c1-19(2,21(23,24)25)29-13-14-9-15(11-16(22)10-14)18-12-20(3,26)27-28(18)17-7-5-4-6-8-17/h4-12,27H,13,26H2,1-3H3. The van der Waals surface area contributed by atoms with Crippen molar-refractivity contribution in [3.8, 4) is 0 Å². The molecule has 0 aliphatic carbocycles. The van der Waals surface area contributed by atoms with Crippen LogP contribution in [-0.4, -0.2) is 17.4 Å². The van der Waals surface area contributed by atoms with Gasteiger partial charge in [-0.15, -0.1) is 0 Å². The smallest absolute Gasteiger partial charge is 0.361 e. The predicted octanol–water partition coefficient (Wildman–Crippen LogP) is 5.24. The normalized spacial score (nSPS) is 20.1. The number of ether oxygens (including phenoxy) is 1. The Morgan fingerprint density at radius 3 is 2.41 bits per heavy atom. The monoisotopic (exact) mass is 425 g/mol. The molecular weight excluding hydrogens is 403 g/mol. The molecule has 0 amide bonds. The van der Waals surface area contributed by atoms with Crippen LogP contribution in [0.15, 0.2) is 54.6 Å². The van der Waals surface area contributed by atoms with E-state index in [1.165, 1.54) is 0 Å². The van der Waals surface area contributed by atoms with E-state index in [0.717, 1.165) is 25.2 Å². The van der Waals surface area contributed by atoms with E-state index in [0.29, 0.717) is 16.1 Å². The molecule has 1 aliphatic rings. The van der Waals surface area contributed by atoms with Crippen LogP contribution >= 0.6 is 11.6 Å². The molecule has 0 fully saturated rings. The molecule has 0 saturated heterocycles. The summed E-state index contributed by atoms with van der Waals surface area (Å²) in [6.07, 6.45) is -2.63. The van der Waals surface area contributed by atoms with Crippen molar-refractivity contribution in [3.63, 3.8) is 0 Å². The van der Waals surface area contributed by atoms with Gasteiger partial charge in [0.05, 0.1) is 18.0 Å². The molecule has 0 radical (unpaired) electrons. The van der Waals surface area contributed by atoms with E-state index in [-0.39, 0.29) is 6.61 Å². The maximum absolute atomic E-state index is 13.1. The van der Waals surface area contributed by atoms with Crippen LogP contribution in [0, 0.1) is 0 Å². The lowest BCUT2D eigenvalue weighted by Crippen LogP contribution is -2.51. The Morgan fingerprint density at radius 2 is 1.79 bits per heavy atom. The number of anilines is 1. The van der Waals surface area contributed by atoms with E-state index in [9.17, 15) is 13.2 Å². The van der Waals surface area contributed by atoms with E-state index < -0.39 is 17.4 Å². The number of halogens is 4. The van der Waals surface area contributed by atoms with Crippen molar-refractivity contribution >= 4 is 23.0 Å². The molecule has 1 atom stereocenters. The molecule has 0 aromatic heterocycles. The van der Waals surface area contributed by atoms with Crippen molar-refractivity contribution in [3.05, 3.63) is 70.8 Å². The first kappa shape index (κ1) is 21.6. The fourth-order valence-electron chi connectivity index (χ4n) is 2.90. The molecule has 29 heavy (non-hydrogen) atoms. The van der Waals surface area contributed by atoms with Crippen LogP contribution in [-0.2, 0) is 11.3 Å². The minimum absolute atomic E-state index is 0.230. The lowest BCUT2D eigenvalue weighted by Gasteiger charge is -2.28. The Morgan fingerprint density at radius 1 is 1.14 bits per heavy atom. The van der Waals surface area contributed by atoms with Gasteiger partial charge in [0.15, 0.2) is 5.60 Å². The molecule has 1 heterocycles. The third-order valence-electron chi connectivity index (χ3n) is 4.58. The Hall–Kier alpha value is -2.06. The molecular formula is C21H23ClF3N3O. The number of hydrogen-bond acceptors (Lipinski definition) is 4. The zero-order chi connectivity index (χ0) is 21.4. The van der Waals surface area contributed by atoms with Gasteiger partial charge < -0.3 is 10.5 Å². The molecule has 2 aromatic carbocycles. The van der Waals surface area contributed by atoms with Crippen molar-refractivity contribution in [1.29, 1.82) is 0 Å². The van der Waals surface area contributed by atoms with Gasteiger partial charge in [-0.25, -0.2) is 5.43 Å². The molecule has 0 spiro atoms. The first-order valence-corrected chi connectivity index (χ1v) is 9.41. The summed E-state index contributed by atoms with van der Waals surface area (Å²) in [5.41, 5.74) is 9.26. The highest BCUT2D eigenvalue weighted by Crippen LogP contribution is 2.35. The second-order valence-electron chi connectivity index (χ2n) is 7.74. The molecule has 156 valence electrons. The minimum atomic E-state index is -4.47. The van der Waals surface area contributed by atoms with Gasteiger partial charge in [0.25, 0.3) is 0 Å². The average molecular weight is 426 g/mol. The Balaban J connectivity index is 1.92. The summed E-state index contributed by atoms with van der Waals surface area (Å²) < 4.78 is 44.4. The van der Waals surface area contributed by atoms with Crippen molar-refractivity contribution < 1.29 is 17.9 Å². The molecule has 0 bridgehead atoms. The van der Waals surface area contributed by atoms with Crippen LogP contribution in [0.2, 0.25) is 5.02 Å². The first-order valence-electron chi connectivity index (χ1n) is 9.03. The predicted molar refractivity (Wildman–Crippen MR) is 109 cm³/mol. The summed E-state index contributed by atoms with van der Waals surface area (Å²) in [5, 5.41) is 2.22. The molecule has 0 saturated carbocycles. The fraction of sp³-hybridized carbons (Fsp3) is 0.333. The van der Waals surface area contributed by atoms with Gasteiger partial charge in [0, 0.05) is 10.6 Å². The Kier molecular flexibility index (Phi) is 5.71. The highest BCUT2D eigenvalue weighted by atomic mass is 35.5. The molecule has 8 heteroatoms. The highest BCUT2D eigenvalue weighted by Gasteiger charge is 2.48. The first-order chi connectivity index (χ1) is 13.4. The van der Waals surface area contributed by atoms with Crippen molar-refractivity contribution in [2.75, 3.05) is 5.01 Å². The number of nitrogens with two attached hydrogens (primary N) is 1. The minimum Gasteiger partial charge on any atom is -0.361 e. The van der Waals surface area contributed by atoms with Crippen molar-refractivity contribution in [1.82, 2.24) is 5.43 Å². The topological polar surface area (TPSA) is 50.5 Å².